The Labute approximate surface area is 170 Å². The number of nitrogens with one attached hydrogen (secondary N) is 2. The Morgan fingerprint density at radius 3 is 2.21 bits per heavy atom. The number of rotatable bonds is 8. The van der Waals surface area contributed by atoms with Gasteiger partial charge < -0.3 is 10.4 Å². The Balaban J connectivity index is 1.92. The highest BCUT2D eigenvalue weighted by atomic mass is 32.2. The maximum atomic E-state index is 13.0. The van der Waals surface area contributed by atoms with Gasteiger partial charge in [-0.1, -0.05) is 60.7 Å². The Kier molecular flexibility index (Phi) is 6.31. The lowest BCUT2D eigenvalue weighted by molar-refractivity contribution is 0.0696. The minimum atomic E-state index is -3.95. The molecule has 0 aromatic heterocycles. The molecule has 1 atom stereocenters. The summed E-state index contributed by atoms with van der Waals surface area (Å²) in [6.07, 6.45) is 0. The largest absolute Gasteiger partial charge is 0.478 e. The van der Waals surface area contributed by atoms with Gasteiger partial charge in [0.05, 0.1) is 11.3 Å². The van der Waals surface area contributed by atoms with Crippen LogP contribution in [0.1, 0.15) is 34.5 Å². The van der Waals surface area contributed by atoms with Gasteiger partial charge in [0.15, 0.2) is 0 Å². The van der Waals surface area contributed by atoms with Crippen molar-refractivity contribution in [2.75, 3.05) is 5.32 Å². The molecule has 0 aliphatic rings. The van der Waals surface area contributed by atoms with Gasteiger partial charge in [0, 0.05) is 12.6 Å². The van der Waals surface area contributed by atoms with Crippen LogP contribution in [0.25, 0.3) is 0 Å². The van der Waals surface area contributed by atoms with Crippen molar-refractivity contribution in [2.45, 2.75) is 24.4 Å². The predicted octanol–water partition coefficient (Wildman–Crippen LogP) is 4.04. The van der Waals surface area contributed by atoms with E-state index in [0.29, 0.717) is 5.69 Å². The molecule has 3 rings (SSSR count). The van der Waals surface area contributed by atoms with Gasteiger partial charge in [0.2, 0.25) is 10.0 Å². The van der Waals surface area contributed by atoms with Crippen molar-refractivity contribution < 1.29 is 18.3 Å². The molecule has 0 aliphatic heterocycles. The molecular weight excluding hydrogens is 388 g/mol. The van der Waals surface area contributed by atoms with Crippen LogP contribution in [0.4, 0.5) is 5.69 Å². The van der Waals surface area contributed by atoms with E-state index >= 15 is 0 Å². The first-order valence-corrected chi connectivity index (χ1v) is 10.6. The van der Waals surface area contributed by atoms with E-state index in [1.165, 1.54) is 18.2 Å². The Morgan fingerprint density at radius 1 is 0.966 bits per heavy atom. The molecule has 3 aromatic rings. The van der Waals surface area contributed by atoms with Crippen LogP contribution in [0.3, 0.4) is 0 Å². The summed E-state index contributed by atoms with van der Waals surface area (Å²) in [5.74, 6) is -1.19. The summed E-state index contributed by atoms with van der Waals surface area (Å²) in [6.45, 7) is 2.02. The Bertz CT molecular complexity index is 1080. The molecule has 29 heavy (non-hydrogen) atoms. The van der Waals surface area contributed by atoms with Gasteiger partial charge in [-0.25, -0.2) is 17.9 Å². The summed E-state index contributed by atoms with van der Waals surface area (Å²) in [5.41, 5.74) is 2.03. The first-order chi connectivity index (χ1) is 13.9. The van der Waals surface area contributed by atoms with Crippen molar-refractivity contribution in [1.82, 2.24) is 4.72 Å². The number of sulfonamides is 1. The third-order valence-corrected chi connectivity index (χ3v) is 5.94. The Morgan fingerprint density at radius 2 is 1.59 bits per heavy atom. The van der Waals surface area contributed by atoms with E-state index in [-0.39, 0.29) is 23.0 Å². The zero-order valence-electron chi connectivity index (χ0n) is 15.9. The van der Waals surface area contributed by atoms with E-state index in [1.54, 1.807) is 0 Å². The van der Waals surface area contributed by atoms with Crippen LogP contribution in [0.15, 0.2) is 83.8 Å². The monoisotopic (exact) mass is 410 g/mol. The third-order valence-electron chi connectivity index (χ3n) is 4.50. The maximum absolute atomic E-state index is 13.0. The second kappa shape index (κ2) is 8.89. The summed E-state index contributed by atoms with van der Waals surface area (Å²) >= 11 is 0. The zero-order valence-corrected chi connectivity index (χ0v) is 16.7. The molecule has 6 nitrogen and oxygen atoms in total. The smallest absolute Gasteiger partial charge is 0.335 e. The molecule has 1 unspecified atom stereocenters. The van der Waals surface area contributed by atoms with Gasteiger partial charge in [-0.05, 0) is 36.2 Å². The fraction of sp³-hybridized carbons (Fsp3) is 0.136. The van der Waals surface area contributed by atoms with Crippen molar-refractivity contribution in [3.63, 3.8) is 0 Å². The van der Waals surface area contributed by atoms with Crippen LogP contribution >= 0.6 is 0 Å². The van der Waals surface area contributed by atoms with Gasteiger partial charge in [0.1, 0.15) is 4.90 Å². The first-order valence-electron chi connectivity index (χ1n) is 9.09. The molecule has 0 heterocycles. The van der Waals surface area contributed by atoms with E-state index in [0.717, 1.165) is 11.1 Å². The highest BCUT2D eigenvalue weighted by Crippen LogP contribution is 2.27. The summed E-state index contributed by atoms with van der Waals surface area (Å²) in [7, 11) is -3.95. The van der Waals surface area contributed by atoms with Gasteiger partial charge in [-0.15, -0.1) is 0 Å². The summed E-state index contributed by atoms with van der Waals surface area (Å²) < 4.78 is 28.5. The fourth-order valence-electron chi connectivity index (χ4n) is 2.91. The van der Waals surface area contributed by atoms with Crippen LogP contribution in [-0.4, -0.2) is 19.5 Å². The van der Waals surface area contributed by atoms with Gasteiger partial charge >= 0.3 is 5.97 Å². The average Bonchev–Trinajstić information content (AvgIpc) is 2.73. The standard InChI is InChI=1S/C22H22N2O4S/c1-16(18-10-6-3-7-11-18)24-20-13-12-19(22(25)26)14-21(20)29(27,28)23-15-17-8-4-2-5-9-17/h2-14,16,23-24H,15H2,1H3,(H,25,26). The number of carboxylic acids is 1. The SMILES string of the molecule is CC(Nc1ccc(C(=O)O)cc1S(=O)(=O)NCc1ccccc1)c1ccccc1. The molecule has 0 fully saturated rings. The molecule has 3 aromatic carbocycles. The second-order valence-corrected chi connectivity index (χ2v) is 8.34. The molecule has 0 aliphatic carbocycles. The number of carboxylic acid groups (broad SMARTS) is 1. The lowest BCUT2D eigenvalue weighted by atomic mass is 10.1. The molecule has 0 saturated heterocycles. The van der Waals surface area contributed by atoms with Crippen molar-refractivity contribution >= 4 is 21.7 Å². The topological polar surface area (TPSA) is 95.5 Å². The normalized spacial score (nSPS) is 12.3. The van der Waals surface area contributed by atoms with Gasteiger partial charge in [-0.3, -0.25) is 0 Å². The summed E-state index contributed by atoms with van der Waals surface area (Å²) in [4.78, 5) is 11.3. The van der Waals surface area contributed by atoms with Crippen molar-refractivity contribution in [3.8, 4) is 0 Å². The van der Waals surface area contributed by atoms with E-state index in [1.807, 2.05) is 67.6 Å². The molecule has 0 radical (unpaired) electrons. The van der Waals surface area contributed by atoms with Crippen LogP contribution in [0.2, 0.25) is 0 Å². The molecule has 0 bridgehead atoms. The molecule has 7 heteroatoms. The van der Waals surface area contributed by atoms with Crippen molar-refractivity contribution in [2.24, 2.45) is 0 Å². The third kappa shape index (κ3) is 5.22. The highest BCUT2D eigenvalue weighted by Gasteiger charge is 2.22. The minimum Gasteiger partial charge on any atom is -0.478 e. The van der Waals surface area contributed by atoms with Crippen molar-refractivity contribution in [3.05, 3.63) is 95.6 Å². The molecule has 0 amide bonds. The number of hydrogen-bond acceptors (Lipinski definition) is 4. The first kappa shape index (κ1) is 20.6. The molecular formula is C22H22N2O4S. The van der Waals surface area contributed by atoms with Crippen LogP contribution in [0, 0.1) is 0 Å². The highest BCUT2D eigenvalue weighted by molar-refractivity contribution is 7.89. The van der Waals surface area contributed by atoms with E-state index in [2.05, 4.69) is 10.0 Å². The number of aromatic carboxylic acids is 1. The van der Waals surface area contributed by atoms with E-state index in [9.17, 15) is 18.3 Å². The molecule has 0 spiro atoms. The van der Waals surface area contributed by atoms with Crippen LogP contribution in [-0.2, 0) is 16.6 Å². The maximum Gasteiger partial charge on any atom is 0.335 e. The van der Waals surface area contributed by atoms with Gasteiger partial charge in [0.25, 0.3) is 0 Å². The van der Waals surface area contributed by atoms with E-state index in [4.69, 9.17) is 0 Å². The zero-order chi connectivity index (χ0) is 20.9. The quantitative estimate of drug-likeness (QED) is 0.521. The minimum absolute atomic E-state index is 0.0944. The number of benzene rings is 3. The van der Waals surface area contributed by atoms with E-state index < -0.39 is 16.0 Å². The van der Waals surface area contributed by atoms with Crippen LogP contribution in [0.5, 0.6) is 0 Å². The average molecular weight is 410 g/mol. The van der Waals surface area contributed by atoms with Crippen LogP contribution < -0.4 is 10.0 Å². The molecule has 150 valence electrons. The molecule has 0 saturated carbocycles. The van der Waals surface area contributed by atoms with Gasteiger partial charge in [-0.2, -0.15) is 0 Å². The lowest BCUT2D eigenvalue weighted by Gasteiger charge is -2.19. The lowest BCUT2D eigenvalue weighted by Crippen LogP contribution is -2.25. The second-order valence-electron chi connectivity index (χ2n) is 6.60. The summed E-state index contributed by atoms with van der Waals surface area (Å²) in [5, 5.41) is 12.5. The van der Waals surface area contributed by atoms with Crippen molar-refractivity contribution in [1.29, 1.82) is 0 Å². The number of hydrogen-bond donors (Lipinski definition) is 3. The summed E-state index contributed by atoms with van der Waals surface area (Å²) in [6, 6.07) is 22.6. The molecule has 3 N–H and O–H groups in total. The fourth-order valence-corrected chi connectivity index (χ4v) is 4.12. The number of carbonyl (C=O) groups is 1. The predicted molar refractivity (Wildman–Crippen MR) is 112 cm³/mol. The Hall–Kier alpha value is -3.16. The number of anilines is 1.